The number of nitrogens with zero attached hydrogens (tertiary/aromatic N) is 2. The summed E-state index contributed by atoms with van der Waals surface area (Å²) in [6.07, 6.45) is 1.70. The van der Waals surface area contributed by atoms with Crippen molar-refractivity contribution in [1.82, 2.24) is 4.90 Å². The molecule has 0 aromatic carbocycles. The van der Waals surface area contributed by atoms with Gasteiger partial charge in [0, 0.05) is 26.8 Å². The van der Waals surface area contributed by atoms with Crippen molar-refractivity contribution in [3.05, 3.63) is 0 Å². The Kier molecular flexibility index (Phi) is 7.52. The van der Waals surface area contributed by atoms with E-state index in [4.69, 9.17) is 15.7 Å². The molecule has 0 aliphatic carbocycles. The molecular formula is C11H21N3O2. The van der Waals surface area contributed by atoms with E-state index in [0.717, 1.165) is 6.42 Å². The molecule has 0 saturated carbocycles. The molecule has 2 atom stereocenters. The van der Waals surface area contributed by atoms with Crippen LogP contribution in [0.15, 0.2) is 0 Å². The van der Waals surface area contributed by atoms with Crippen LogP contribution in [0.3, 0.4) is 0 Å². The summed E-state index contributed by atoms with van der Waals surface area (Å²) in [5, 5.41) is 8.54. The first-order chi connectivity index (χ1) is 7.54. The maximum Gasteiger partial charge on any atom is 0.239 e. The predicted octanol–water partition coefficient (Wildman–Crippen LogP) is 0.501. The average Bonchev–Trinajstić information content (AvgIpc) is 2.27. The molecule has 0 radical (unpaired) electrons. The smallest absolute Gasteiger partial charge is 0.239 e. The van der Waals surface area contributed by atoms with E-state index in [1.165, 1.54) is 0 Å². The Bertz CT molecular complexity index is 250. The minimum Gasteiger partial charge on any atom is -0.385 e. The highest BCUT2D eigenvalue weighted by atomic mass is 16.5. The van der Waals surface area contributed by atoms with Gasteiger partial charge in [-0.2, -0.15) is 5.26 Å². The minimum absolute atomic E-state index is 0.0917. The fourth-order valence-corrected chi connectivity index (χ4v) is 1.32. The molecule has 0 aliphatic rings. The van der Waals surface area contributed by atoms with Crippen LogP contribution in [-0.4, -0.2) is 43.7 Å². The van der Waals surface area contributed by atoms with Crippen LogP contribution in [0.5, 0.6) is 0 Å². The number of rotatable bonds is 7. The van der Waals surface area contributed by atoms with Crippen molar-refractivity contribution < 1.29 is 9.53 Å². The molecule has 0 saturated heterocycles. The Morgan fingerprint density at radius 1 is 1.62 bits per heavy atom. The second-order valence-electron chi connectivity index (χ2n) is 3.90. The van der Waals surface area contributed by atoms with Gasteiger partial charge < -0.3 is 15.4 Å². The number of carbonyl (C=O) groups excluding carboxylic acids is 1. The molecule has 0 heterocycles. The van der Waals surface area contributed by atoms with E-state index in [9.17, 15) is 4.79 Å². The van der Waals surface area contributed by atoms with Crippen molar-refractivity contribution in [2.24, 2.45) is 5.73 Å². The third-order valence-electron chi connectivity index (χ3n) is 2.58. The zero-order chi connectivity index (χ0) is 12.6. The fourth-order valence-electron chi connectivity index (χ4n) is 1.32. The molecule has 0 bridgehead atoms. The van der Waals surface area contributed by atoms with E-state index in [2.05, 4.69) is 0 Å². The van der Waals surface area contributed by atoms with Crippen LogP contribution in [-0.2, 0) is 9.53 Å². The predicted molar refractivity (Wildman–Crippen MR) is 61.5 cm³/mol. The number of carbonyl (C=O) groups is 1. The lowest BCUT2D eigenvalue weighted by Crippen LogP contribution is -2.45. The van der Waals surface area contributed by atoms with Gasteiger partial charge >= 0.3 is 0 Å². The number of hydrogen-bond donors (Lipinski definition) is 1. The summed E-state index contributed by atoms with van der Waals surface area (Å²) in [5.74, 6) is -0.112. The maximum absolute atomic E-state index is 11.8. The van der Waals surface area contributed by atoms with Gasteiger partial charge in [-0.1, -0.05) is 0 Å². The Balaban J connectivity index is 4.06. The maximum atomic E-state index is 11.8. The average molecular weight is 227 g/mol. The van der Waals surface area contributed by atoms with E-state index in [1.807, 2.05) is 13.0 Å². The van der Waals surface area contributed by atoms with E-state index < -0.39 is 6.04 Å². The normalized spacial score (nSPS) is 13.9. The standard InChI is InChI=1S/C11H21N3O2/c1-9(6-7-12)14(2)11(15)10(13)5-4-8-16-3/h9-10H,4-6,8,13H2,1-3H3. The molecule has 0 rings (SSSR count). The van der Waals surface area contributed by atoms with Gasteiger partial charge in [-0.25, -0.2) is 0 Å². The topological polar surface area (TPSA) is 79.3 Å². The van der Waals surface area contributed by atoms with Gasteiger partial charge in [0.05, 0.1) is 18.5 Å². The summed E-state index contributed by atoms with van der Waals surface area (Å²) in [6, 6.07) is 1.45. The molecule has 0 spiro atoms. The van der Waals surface area contributed by atoms with Crippen LogP contribution in [0, 0.1) is 11.3 Å². The van der Waals surface area contributed by atoms with Crippen LogP contribution >= 0.6 is 0 Å². The van der Waals surface area contributed by atoms with Gasteiger partial charge in [0.1, 0.15) is 0 Å². The molecule has 0 aromatic rings. The second kappa shape index (κ2) is 8.08. The zero-order valence-corrected chi connectivity index (χ0v) is 10.3. The number of likely N-dealkylation sites (N-methyl/N-ethyl adjacent to an activating group) is 1. The second-order valence-corrected chi connectivity index (χ2v) is 3.90. The molecule has 92 valence electrons. The van der Waals surface area contributed by atoms with Crippen molar-refractivity contribution in [2.75, 3.05) is 20.8 Å². The highest BCUT2D eigenvalue weighted by molar-refractivity contribution is 5.81. The first-order valence-corrected chi connectivity index (χ1v) is 5.42. The Morgan fingerprint density at radius 3 is 2.75 bits per heavy atom. The summed E-state index contributed by atoms with van der Waals surface area (Å²) in [5.41, 5.74) is 5.76. The molecule has 2 unspecified atom stereocenters. The van der Waals surface area contributed by atoms with Crippen LogP contribution in [0.4, 0.5) is 0 Å². The van der Waals surface area contributed by atoms with Crippen molar-refractivity contribution in [3.63, 3.8) is 0 Å². The van der Waals surface area contributed by atoms with Crippen molar-refractivity contribution in [2.45, 2.75) is 38.3 Å². The fraction of sp³-hybridized carbons (Fsp3) is 0.818. The van der Waals surface area contributed by atoms with E-state index in [1.54, 1.807) is 19.1 Å². The molecular weight excluding hydrogens is 206 g/mol. The Labute approximate surface area is 97.2 Å². The first-order valence-electron chi connectivity index (χ1n) is 5.42. The quantitative estimate of drug-likeness (QED) is 0.642. The number of nitrogens with two attached hydrogens (primary N) is 1. The molecule has 16 heavy (non-hydrogen) atoms. The van der Waals surface area contributed by atoms with Gasteiger partial charge in [0.2, 0.25) is 5.91 Å². The lowest BCUT2D eigenvalue weighted by molar-refractivity contribution is -0.133. The molecule has 0 fully saturated rings. The van der Waals surface area contributed by atoms with E-state index in [0.29, 0.717) is 19.4 Å². The van der Waals surface area contributed by atoms with Crippen LogP contribution in [0.25, 0.3) is 0 Å². The molecule has 5 nitrogen and oxygen atoms in total. The minimum atomic E-state index is -0.499. The molecule has 1 amide bonds. The van der Waals surface area contributed by atoms with Gasteiger partial charge in [-0.3, -0.25) is 4.79 Å². The van der Waals surface area contributed by atoms with Crippen molar-refractivity contribution in [3.8, 4) is 6.07 Å². The molecule has 0 aromatic heterocycles. The number of nitriles is 1. The molecule has 0 aliphatic heterocycles. The van der Waals surface area contributed by atoms with Crippen molar-refractivity contribution in [1.29, 1.82) is 5.26 Å². The number of methoxy groups -OCH3 is 1. The van der Waals surface area contributed by atoms with Crippen molar-refractivity contribution >= 4 is 5.91 Å². The molecule has 2 N–H and O–H groups in total. The summed E-state index contributed by atoms with van der Waals surface area (Å²) in [4.78, 5) is 13.3. The first kappa shape index (κ1) is 14.9. The zero-order valence-electron chi connectivity index (χ0n) is 10.3. The third kappa shape index (κ3) is 5.10. The molecule has 5 heteroatoms. The number of ether oxygens (including phenoxy) is 1. The highest BCUT2D eigenvalue weighted by Gasteiger charge is 2.21. The summed E-state index contributed by atoms with van der Waals surface area (Å²) < 4.78 is 4.89. The Hall–Kier alpha value is -1.12. The van der Waals surface area contributed by atoms with Gasteiger partial charge in [0.15, 0.2) is 0 Å². The van der Waals surface area contributed by atoms with E-state index >= 15 is 0 Å². The lowest BCUT2D eigenvalue weighted by atomic mass is 10.1. The summed E-state index contributed by atoms with van der Waals surface area (Å²) >= 11 is 0. The van der Waals surface area contributed by atoms with Crippen LogP contribution in [0.1, 0.15) is 26.2 Å². The third-order valence-corrected chi connectivity index (χ3v) is 2.58. The number of amides is 1. The van der Waals surface area contributed by atoms with Gasteiger partial charge in [-0.05, 0) is 19.8 Å². The van der Waals surface area contributed by atoms with Gasteiger partial charge in [-0.15, -0.1) is 0 Å². The lowest BCUT2D eigenvalue weighted by Gasteiger charge is -2.26. The summed E-state index contributed by atoms with van der Waals surface area (Å²) in [7, 11) is 3.30. The SMILES string of the molecule is COCCCC(N)C(=O)N(C)C(C)CC#N. The monoisotopic (exact) mass is 227 g/mol. The van der Waals surface area contributed by atoms with Crippen LogP contribution in [0.2, 0.25) is 0 Å². The van der Waals surface area contributed by atoms with Crippen LogP contribution < -0.4 is 5.73 Å². The largest absolute Gasteiger partial charge is 0.385 e. The van der Waals surface area contributed by atoms with E-state index in [-0.39, 0.29) is 11.9 Å². The summed E-state index contributed by atoms with van der Waals surface area (Å²) in [6.45, 7) is 2.45. The Morgan fingerprint density at radius 2 is 2.25 bits per heavy atom. The highest BCUT2D eigenvalue weighted by Crippen LogP contribution is 2.05. The number of hydrogen-bond acceptors (Lipinski definition) is 4. The van der Waals surface area contributed by atoms with Gasteiger partial charge in [0.25, 0.3) is 0 Å².